The summed E-state index contributed by atoms with van der Waals surface area (Å²) in [7, 11) is 1.64. The topological polar surface area (TPSA) is 61.9 Å². The number of nitrogens with zero attached hydrogens (tertiary/aromatic N) is 2. The minimum Gasteiger partial charge on any atom is -0.383 e. The van der Waals surface area contributed by atoms with Gasteiger partial charge < -0.3 is 15.0 Å². The molecule has 0 unspecified atom stereocenters. The lowest BCUT2D eigenvalue weighted by Gasteiger charge is -2.42. The highest BCUT2D eigenvalue weighted by Gasteiger charge is 2.32. The second-order valence-corrected chi connectivity index (χ2v) is 8.52. The van der Waals surface area contributed by atoms with Crippen molar-refractivity contribution in [2.45, 2.75) is 38.1 Å². The number of thiophene rings is 1. The predicted molar refractivity (Wildman–Crippen MR) is 107 cm³/mol. The number of likely N-dealkylation sites (tertiary alicyclic amines) is 2. The van der Waals surface area contributed by atoms with Crippen LogP contribution in [0.4, 0.5) is 0 Å². The van der Waals surface area contributed by atoms with Gasteiger partial charge in [0.1, 0.15) is 0 Å². The molecule has 2 saturated heterocycles. The molecule has 0 radical (unpaired) electrons. The normalized spacial score (nSPS) is 22.0. The summed E-state index contributed by atoms with van der Waals surface area (Å²) < 4.78 is 5.00. The van der Waals surface area contributed by atoms with Crippen LogP contribution in [0.25, 0.3) is 0 Å². The Kier molecular flexibility index (Phi) is 7.67. The maximum atomic E-state index is 12.5. The van der Waals surface area contributed by atoms with Crippen molar-refractivity contribution in [3.8, 4) is 0 Å². The van der Waals surface area contributed by atoms with Crippen LogP contribution in [-0.2, 0) is 20.7 Å². The fourth-order valence-corrected chi connectivity index (χ4v) is 4.82. The van der Waals surface area contributed by atoms with E-state index in [1.54, 1.807) is 18.4 Å². The van der Waals surface area contributed by atoms with Gasteiger partial charge in [0.05, 0.1) is 18.9 Å². The SMILES string of the molecule is COCCNC(=O)[C@H]1CCCN(C2CCN(C(=O)Cc3cccs3)CC2)C1. The van der Waals surface area contributed by atoms with Crippen molar-refractivity contribution < 1.29 is 14.3 Å². The van der Waals surface area contributed by atoms with Crippen molar-refractivity contribution >= 4 is 23.2 Å². The summed E-state index contributed by atoms with van der Waals surface area (Å²) in [6.07, 6.45) is 4.57. The lowest BCUT2D eigenvalue weighted by Crippen LogP contribution is -2.51. The molecule has 1 aromatic rings. The number of nitrogens with one attached hydrogen (secondary N) is 1. The first-order valence-electron chi connectivity index (χ1n) is 9.98. The molecule has 1 atom stereocenters. The number of piperidine rings is 2. The molecule has 2 fully saturated rings. The molecule has 0 bridgehead atoms. The number of rotatable bonds is 7. The zero-order chi connectivity index (χ0) is 19.1. The first kappa shape index (κ1) is 20.3. The lowest BCUT2D eigenvalue weighted by atomic mass is 9.93. The minimum absolute atomic E-state index is 0.0779. The predicted octanol–water partition coefficient (Wildman–Crippen LogP) is 1.76. The summed E-state index contributed by atoms with van der Waals surface area (Å²) in [6, 6.07) is 4.52. The van der Waals surface area contributed by atoms with Gasteiger partial charge in [0, 0.05) is 44.2 Å². The van der Waals surface area contributed by atoms with Crippen LogP contribution in [0.3, 0.4) is 0 Å². The molecule has 2 aliphatic heterocycles. The summed E-state index contributed by atoms with van der Waals surface area (Å²) in [5, 5.41) is 5.00. The Labute approximate surface area is 165 Å². The van der Waals surface area contributed by atoms with E-state index in [0.29, 0.717) is 25.6 Å². The number of hydrogen-bond acceptors (Lipinski definition) is 5. The van der Waals surface area contributed by atoms with Gasteiger partial charge in [0.15, 0.2) is 0 Å². The molecular weight excluding hydrogens is 362 g/mol. The standard InChI is InChI=1S/C20H31N3O3S/c1-26-12-8-21-20(25)16-4-2-9-23(15-16)17-6-10-22(11-7-17)19(24)14-18-5-3-13-27-18/h3,5,13,16-17H,2,4,6-12,14-15H2,1H3,(H,21,25)/t16-/m0/s1. The summed E-state index contributed by atoms with van der Waals surface area (Å²) in [5.74, 6) is 0.472. The maximum Gasteiger partial charge on any atom is 0.227 e. The Morgan fingerprint density at radius 2 is 2.07 bits per heavy atom. The van der Waals surface area contributed by atoms with Crippen LogP contribution in [0, 0.1) is 5.92 Å². The van der Waals surface area contributed by atoms with Gasteiger partial charge in [-0.1, -0.05) is 6.07 Å². The van der Waals surface area contributed by atoms with Crippen LogP contribution in [-0.4, -0.2) is 74.1 Å². The molecule has 1 aromatic heterocycles. The molecule has 6 nitrogen and oxygen atoms in total. The Morgan fingerprint density at radius 1 is 1.26 bits per heavy atom. The third-order valence-corrected chi connectivity index (χ3v) is 6.54. The van der Waals surface area contributed by atoms with Crippen molar-refractivity contribution in [1.29, 1.82) is 0 Å². The van der Waals surface area contributed by atoms with Gasteiger partial charge in [0.25, 0.3) is 0 Å². The molecule has 2 amide bonds. The van der Waals surface area contributed by atoms with Crippen LogP contribution in [0.2, 0.25) is 0 Å². The summed E-state index contributed by atoms with van der Waals surface area (Å²) in [5.41, 5.74) is 0. The van der Waals surface area contributed by atoms with Gasteiger partial charge in [-0.05, 0) is 43.7 Å². The zero-order valence-electron chi connectivity index (χ0n) is 16.2. The average Bonchev–Trinajstić information content (AvgIpc) is 3.21. The number of amides is 2. The van der Waals surface area contributed by atoms with Crippen LogP contribution in [0.1, 0.15) is 30.6 Å². The third-order valence-electron chi connectivity index (χ3n) is 5.67. The van der Waals surface area contributed by atoms with Crippen molar-refractivity contribution in [1.82, 2.24) is 15.1 Å². The van der Waals surface area contributed by atoms with E-state index in [2.05, 4.69) is 10.2 Å². The number of carbonyl (C=O) groups excluding carboxylic acids is 2. The zero-order valence-corrected chi connectivity index (χ0v) is 17.0. The Bertz CT molecular complexity index is 600. The number of ether oxygens (including phenoxy) is 1. The molecule has 1 N–H and O–H groups in total. The van der Waals surface area contributed by atoms with Crippen LogP contribution >= 0.6 is 11.3 Å². The van der Waals surface area contributed by atoms with Crippen LogP contribution in [0.15, 0.2) is 17.5 Å². The number of methoxy groups -OCH3 is 1. The molecule has 150 valence electrons. The van der Waals surface area contributed by atoms with E-state index in [-0.39, 0.29) is 17.7 Å². The van der Waals surface area contributed by atoms with Gasteiger partial charge in [-0.2, -0.15) is 0 Å². The molecule has 7 heteroatoms. The van der Waals surface area contributed by atoms with E-state index >= 15 is 0 Å². The second kappa shape index (κ2) is 10.2. The largest absolute Gasteiger partial charge is 0.383 e. The molecule has 0 saturated carbocycles. The molecule has 2 aliphatic rings. The Morgan fingerprint density at radius 3 is 2.78 bits per heavy atom. The van der Waals surface area contributed by atoms with Crippen molar-refractivity contribution in [2.24, 2.45) is 5.92 Å². The second-order valence-electron chi connectivity index (χ2n) is 7.49. The van der Waals surface area contributed by atoms with Crippen molar-refractivity contribution in [3.05, 3.63) is 22.4 Å². The third kappa shape index (κ3) is 5.77. The van der Waals surface area contributed by atoms with E-state index < -0.39 is 0 Å². The first-order valence-corrected chi connectivity index (χ1v) is 10.9. The quantitative estimate of drug-likeness (QED) is 0.717. The van der Waals surface area contributed by atoms with Gasteiger partial charge in [-0.15, -0.1) is 11.3 Å². The molecule has 0 aliphatic carbocycles. The van der Waals surface area contributed by atoms with Crippen molar-refractivity contribution in [2.75, 3.05) is 46.4 Å². The van der Waals surface area contributed by atoms with E-state index in [0.717, 1.165) is 56.7 Å². The highest BCUT2D eigenvalue weighted by molar-refractivity contribution is 7.10. The van der Waals surface area contributed by atoms with E-state index in [9.17, 15) is 9.59 Å². The number of hydrogen-bond donors (Lipinski definition) is 1. The summed E-state index contributed by atoms with van der Waals surface area (Å²) in [6.45, 7) is 4.70. The fraction of sp³-hybridized carbons (Fsp3) is 0.700. The smallest absolute Gasteiger partial charge is 0.227 e. The van der Waals surface area contributed by atoms with Gasteiger partial charge in [-0.3, -0.25) is 14.5 Å². The van der Waals surface area contributed by atoms with Gasteiger partial charge >= 0.3 is 0 Å². The monoisotopic (exact) mass is 393 g/mol. The summed E-state index contributed by atoms with van der Waals surface area (Å²) >= 11 is 1.65. The van der Waals surface area contributed by atoms with Crippen LogP contribution in [0.5, 0.6) is 0 Å². The Hall–Kier alpha value is -1.44. The molecule has 3 rings (SSSR count). The Balaban J connectivity index is 1.43. The maximum absolute atomic E-state index is 12.5. The van der Waals surface area contributed by atoms with Crippen LogP contribution < -0.4 is 5.32 Å². The molecule has 27 heavy (non-hydrogen) atoms. The highest BCUT2D eigenvalue weighted by atomic mass is 32.1. The highest BCUT2D eigenvalue weighted by Crippen LogP contribution is 2.24. The lowest BCUT2D eigenvalue weighted by molar-refractivity contribution is -0.132. The van der Waals surface area contributed by atoms with Gasteiger partial charge in [0.2, 0.25) is 11.8 Å². The van der Waals surface area contributed by atoms with E-state index in [1.807, 2.05) is 22.4 Å². The average molecular weight is 394 g/mol. The molecule has 0 spiro atoms. The first-order chi connectivity index (χ1) is 13.2. The molecule has 3 heterocycles. The molecular formula is C20H31N3O3S. The van der Waals surface area contributed by atoms with E-state index in [1.165, 1.54) is 0 Å². The van der Waals surface area contributed by atoms with E-state index in [4.69, 9.17) is 4.74 Å². The molecule has 0 aromatic carbocycles. The van der Waals surface area contributed by atoms with Gasteiger partial charge in [-0.25, -0.2) is 0 Å². The minimum atomic E-state index is 0.0779. The van der Waals surface area contributed by atoms with Crippen molar-refractivity contribution in [3.63, 3.8) is 0 Å². The fourth-order valence-electron chi connectivity index (χ4n) is 4.13. The summed E-state index contributed by atoms with van der Waals surface area (Å²) in [4.78, 5) is 30.4. The number of carbonyl (C=O) groups is 2.